The second-order valence-corrected chi connectivity index (χ2v) is 2.79. The summed E-state index contributed by atoms with van der Waals surface area (Å²) in [5.74, 6) is 6.07. The van der Waals surface area contributed by atoms with E-state index in [0.29, 0.717) is 6.54 Å². The molecule has 1 heterocycles. The first-order valence-corrected chi connectivity index (χ1v) is 3.87. The van der Waals surface area contributed by atoms with Crippen LogP contribution in [0.1, 0.15) is 0 Å². The molecule has 12 heavy (non-hydrogen) atoms. The van der Waals surface area contributed by atoms with Crippen molar-refractivity contribution in [3.05, 3.63) is 18.5 Å². The fourth-order valence-electron chi connectivity index (χ4n) is 0.745. The molecule has 1 aromatic rings. The fraction of sp³-hybridized carbons (Fsp3) is 0.444. The smallest absolute Gasteiger partial charge is 0.102 e. The highest BCUT2D eigenvalue weighted by atomic mass is 15.3. The van der Waals surface area contributed by atoms with Crippen LogP contribution in [-0.2, 0) is 6.54 Å². The zero-order valence-corrected chi connectivity index (χ0v) is 7.49. The van der Waals surface area contributed by atoms with Crippen LogP contribution in [0.15, 0.2) is 18.5 Å². The third-order valence-electron chi connectivity index (χ3n) is 1.32. The van der Waals surface area contributed by atoms with Gasteiger partial charge in [0.05, 0.1) is 6.54 Å². The predicted octanol–water partition coefficient (Wildman–Crippen LogP) is 0.448. The van der Waals surface area contributed by atoms with Crippen molar-refractivity contribution >= 4 is 0 Å². The van der Waals surface area contributed by atoms with E-state index in [1.54, 1.807) is 6.20 Å². The number of hydrogen-bond acceptors (Lipinski definition) is 2. The van der Waals surface area contributed by atoms with Crippen molar-refractivity contribution < 1.29 is 0 Å². The van der Waals surface area contributed by atoms with E-state index in [4.69, 9.17) is 0 Å². The molecule has 0 aliphatic heterocycles. The Morgan fingerprint density at radius 3 is 2.83 bits per heavy atom. The van der Waals surface area contributed by atoms with E-state index >= 15 is 0 Å². The first-order valence-electron chi connectivity index (χ1n) is 3.87. The van der Waals surface area contributed by atoms with Gasteiger partial charge in [-0.1, -0.05) is 11.8 Å². The Balaban J connectivity index is 2.29. The molecule has 0 unspecified atom stereocenters. The molecule has 0 bridgehead atoms. The summed E-state index contributed by atoms with van der Waals surface area (Å²) >= 11 is 0. The van der Waals surface area contributed by atoms with E-state index in [9.17, 15) is 0 Å². The third kappa shape index (κ3) is 3.22. The zero-order chi connectivity index (χ0) is 8.81. The van der Waals surface area contributed by atoms with Crippen molar-refractivity contribution in [1.29, 1.82) is 0 Å². The van der Waals surface area contributed by atoms with Gasteiger partial charge in [0, 0.05) is 12.4 Å². The van der Waals surface area contributed by atoms with Gasteiger partial charge in [-0.2, -0.15) is 5.10 Å². The second-order valence-electron chi connectivity index (χ2n) is 2.79. The van der Waals surface area contributed by atoms with E-state index < -0.39 is 0 Å². The molecular formula is C9H13N3. The lowest BCUT2D eigenvalue weighted by atomic mass is 10.5. The highest BCUT2D eigenvalue weighted by Crippen LogP contribution is 1.81. The number of aromatic nitrogens is 2. The maximum atomic E-state index is 4.03. The Morgan fingerprint density at radius 2 is 2.25 bits per heavy atom. The fourth-order valence-corrected chi connectivity index (χ4v) is 0.745. The van der Waals surface area contributed by atoms with Gasteiger partial charge in [-0.15, -0.1) is 0 Å². The van der Waals surface area contributed by atoms with Crippen LogP contribution in [0.2, 0.25) is 0 Å². The molecule has 1 aromatic heterocycles. The van der Waals surface area contributed by atoms with Crippen molar-refractivity contribution in [2.45, 2.75) is 6.54 Å². The average molecular weight is 163 g/mol. The van der Waals surface area contributed by atoms with Gasteiger partial charge in [-0.05, 0) is 20.2 Å². The maximum absolute atomic E-state index is 4.03. The van der Waals surface area contributed by atoms with Crippen LogP contribution in [0.5, 0.6) is 0 Å². The summed E-state index contributed by atoms with van der Waals surface area (Å²) in [5, 5.41) is 4.03. The van der Waals surface area contributed by atoms with Gasteiger partial charge in [0.2, 0.25) is 0 Å². The molecule has 64 valence electrons. The van der Waals surface area contributed by atoms with Gasteiger partial charge < -0.3 is 0 Å². The van der Waals surface area contributed by atoms with Crippen LogP contribution in [0.3, 0.4) is 0 Å². The molecular weight excluding hydrogens is 150 g/mol. The van der Waals surface area contributed by atoms with Gasteiger partial charge >= 0.3 is 0 Å². The van der Waals surface area contributed by atoms with Gasteiger partial charge in [-0.3, -0.25) is 9.58 Å². The summed E-state index contributed by atoms with van der Waals surface area (Å²) in [5.41, 5.74) is 0. The van der Waals surface area contributed by atoms with Crippen molar-refractivity contribution in [1.82, 2.24) is 14.7 Å². The normalized spacial score (nSPS) is 9.58. The summed E-state index contributed by atoms with van der Waals surface area (Å²) in [6.45, 7) is 1.49. The van der Waals surface area contributed by atoms with Crippen LogP contribution in [-0.4, -0.2) is 35.3 Å². The summed E-state index contributed by atoms with van der Waals surface area (Å²) in [7, 11) is 4.01. The van der Waals surface area contributed by atoms with E-state index in [1.165, 1.54) is 0 Å². The van der Waals surface area contributed by atoms with Crippen molar-refractivity contribution in [2.75, 3.05) is 20.6 Å². The van der Waals surface area contributed by atoms with Gasteiger partial charge in [-0.25, -0.2) is 0 Å². The Labute approximate surface area is 73.0 Å². The molecule has 0 aliphatic rings. The Hall–Kier alpha value is -1.27. The highest BCUT2D eigenvalue weighted by molar-refractivity contribution is 5.00. The number of nitrogens with zero attached hydrogens (tertiary/aromatic N) is 3. The maximum Gasteiger partial charge on any atom is 0.102 e. The molecule has 3 nitrogen and oxygen atoms in total. The molecule has 0 aromatic carbocycles. The van der Waals surface area contributed by atoms with Crippen molar-refractivity contribution in [3.8, 4) is 11.8 Å². The highest BCUT2D eigenvalue weighted by Gasteiger charge is 1.83. The second kappa shape index (κ2) is 4.58. The molecule has 0 N–H and O–H groups in total. The van der Waals surface area contributed by atoms with Crippen LogP contribution in [0.25, 0.3) is 0 Å². The van der Waals surface area contributed by atoms with E-state index in [2.05, 4.69) is 16.9 Å². The summed E-state index contributed by atoms with van der Waals surface area (Å²) in [6.07, 6.45) is 3.66. The van der Waals surface area contributed by atoms with Gasteiger partial charge in [0.25, 0.3) is 0 Å². The van der Waals surface area contributed by atoms with Gasteiger partial charge in [0.15, 0.2) is 0 Å². The molecule has 0 saturated carbocycles. The van der Waals surface area contributed by atoms with E-state index in [-0.39, 0.29) is 0 Å². The minimum absolute atomic E-state index is 0.681. The first-order chi connectivity index (χ1) is 5.79. The largest absolute Gasteiger partial charge is 0.299 e. The number of rotatable bonds is 2. The summed E-state index contributed by atoms with van der Waals surface area (Å²) in [4.78, 5) is 2.04. The third-order valence-corrected chi connectivity index (χ3v) is 1.32. The topological polar surface area (TPSA) is 21.1 Å². The van der Waals surface area contributed by atoms with E-state index in [1.807, 2.05) is 35.9 Å². The van der Waals surface area contributed by atoms with Gasteiger partial charge in [0.1, 0.15) is 6.54 Å². The lowest BCUT2D eigenvalue weighted by Gasteiger charge is -2.00. The first kappa shape index (κ1) is 8.82. The van der Waals surface area contributed by atoms with Crippen LogP contribution >= 0.6 is 0 Å². The van der Waals surface area contributed by atoms with Crippen LogP contribution < -0.4 is 0 Å². The monoisotopic (exact) mass is 163 g/mol. The SMILES string of the molecule is CN(C)CC#CCn1cccn1. The molecule has 0 amide bonds. The van der Waals surface area contributed by atoms with Crippen LogP contribution in [0, 0.1) is 11.8 Å². The molecule has 3 heteroatoms. The Morgan fingerprint density at radius 1 is 1.42 bits per heavy atom. The molecule has 0 spiro atoms. The summed E-state index contributed by atoms with van der Waals surface area (Å²) in [6, 6.07) is 1.90. The molecule has 0 atom stereocenters. The Kier molecular flexibility index (Phi) is 3.36. The average Bonchev–Trinajstić information content (AvgIpc) is 2.49. The van der Waals surface area contributed by atoms with Crippen molar-refractivity contribution in [2.24, 2.45) is 0 Å². The quantitative estimate of drug-likeness (QED) is 0.590. The lowest BCUT2D eigenvalue weighted by molar-refractivity contribution is 0.463. The van der Waals surface area contributed by atoms with E-state index in [0.717, 1.165) is 6.54 Å². The minimum atomic E-state index is 0.681. The zero-order valence-electron chi connectivity index (χ0n) is 7.49. The molecule has 0 fully saturated rings. The predicted molar refractivity (Wildman–Crippen MR) is 48.6 cm³/mol. The summed E-state index contributed by atoms with van der Waals surface area (Å²) < 4.78 is 1.81. The molecule has 0 radical (unpaired) electrons. The molecule has 0 saturated heterocycles. The van der Waals surface area contributed by atoms with Crippen LogP contribution in [0.4, 0.5) is 0 Å². The minimum Gasteiger partial charge on any atom is -0.299 e. The molecule has 1 rings (SSSR count). The standard InChI is InChI=1S/C9H13N3/c1-11(2)7-3-4-8-12-9-5-6-10-12/h5-6,9H,7-8H2,1-2H3. The number of hydrogen-bond donors (Lipinski definition) is 0. The van der Waals surface area contributed by atoms with Crippen molar-refractivity contribution in [3.63, 3.8) is 0 Å². The Bertz CT molecular complexity index is 264. The molecule has 0 aliphatic carbocycles. The lowest BCUT2D eigenvalue weighted by Crippen LogP contribution is -2.11.